The summed E-state index contributed by atoms with van der Waals surface area (Å²) in [4.78, 5) is 16.9. The topological polar surface area (TPSA) is 32.8 Å². The molecule has 0 aromatic heterocycles. The molecular weight excluding hydrogens is 283 g/mol. The number of halogens is 1. The van der Waals surface area contributed by atoms with Crippen molar-refractivity contribution in [2.75, 3.05) is 46.9 Å². The van der Waals surface area contributed by atoms with Crippen molar-refractivity contribution in [1.82, 2.24) is 9.80 Å². The van der Waals surface area contributed by atoms with E-state index in [1.54, 1.807) is 13.0 Å². The Morgan fingerprint density at radius 1 is 1.50 bits per heavy atom. The summed E-state index contributed by atoms with van der Waals surface area (Å²) in [6.07, 6.45) is 0. The van der Waals surface area contributed by atoms with Crippen LogP contribution in [0.4, 0.5) is 4.39 Å². The molecule has 0 aliphatic carbocycles. The number of hydrogen-bond donors (Lipinski definition) is 0. The smallest absolute Gasteiger partial charge is 0.254 e. The molecule has 3 rings (SSSR count). The molecule has 22 heavy (non-hydrogen) atoms. The van der Waals surface area contributed by atoms with Gasteiger partial charge in [-0.3, -0.25) is 4.79 Å². The van der Waals surface area contributed by atoms with E-state index in [-0.39, 0.29) is 17.1 Å². The highest BCUT2D eigenvalue weighted by Gasteiger charge is 2.52. The van der Waals surface area contributed by atoms with Crippen LogP contribution >= 0.6 is 0 Å². The van der Waals surface area contributed by atoms with E-state index >= 15 is 0 Å². The van der Waals surface area contributed by atoms with Gasteiger partial charge in [-0.25, -0.2) is 4.39 Å². The number of fused-ring (bicyclic) bond motifs is 1. The molecule has 2 fully saturated rings. The van der Waals surface area contributed by atoms with E-state index in [0.29, 0.717) is 30.2 Å². The van der Waals surface area contributed by atoms with E-state index in [9.17, 15) is 9.18 Å². The molecule has 0 unspecified atom stereocenters. The third-order valence-corrected chi connectivity index (χ3v) is 4.86. The van der Waals surface area contributed by atoms with Crippen molar-refractivity contribution >= 4 is 5.91 Å². The number of amides is 1. The Balaban J connectivity index is 1.81. The second kappa shape index (κ2) is 5.63. The molecule has 0 saturated carbocycles. The van der Waals surface area contributed by atoms with Gasteiger partial charge in [0.2, 0.25) is 0 Å². The van der Waals surface area contributed by atoms with Gasteiger partial charge in [0.25, 0.3) is 5.91 Å². The van der Waals surface area contributed by atoms with Crippen molar-refractivity contribution in [3.05, 3.63) is 35.1 Å². The fraction of sp³-hybridized carbons (Fsp3) is 0.588. The number of benzene rings is 1. The molecule has 2 saturated heterocycles. The van der Waals surface area contributed by atoms with Gasteiger partial charge in [0.1, 0.15) is 5.82 Å². The van der Waals surface area contributed by atoms with Crippen molar-refractivity contribution in [3.8, 4) is 0 Å². The van der Waals surface area contributed by atoms with Crippen LogP contribution in [0.1, 0.15) is 15.9 Å². The van der Waals surface area contributed by atoms with E-state index in [1.165, 1.54) is 12.1 Å². The Hall–Kier alpha value is -1.46. The van der Waals surface area contributed by atoms with Crippen LogP contribution in [0.25, 0.3) is 0 Å². The molecule has 1 aromatic rings. The number of ether oxygens (including phenoxy) is 1. The molecule has 4 nitrogen and oxygen atoms in total. The summed E-state index contributed by atoms with van der Waals surface area (Å²) in [5.74, 6) is 0.0921. The number of aryl methyl sites for hydroxylation is 1. The molecule has 0 spiro atoms. The zero-order valence-electron chi connectivity index (χ0n) is 13.4. The maximum atomic E-state index is 13.2. The molecule has 1 aromatic carbocycles. The third kappa shape index (κ3) is 2.63. The van der Waals surface area contributed by atoms with Crippen molar-refractivity contribution in [3.63, 3.8) is 0 Å². The lowest BCUT2D eigenvalue weighted by Gasteiger charge is -2.30. The minimum atomic E-state index is -0.301. The van der Waals surface area contributed by atoms with Gasteiger partial charge in [0.05, 0.1) is 13.2 Å². The highest BCUT2D eigenvalue weighted by molar-refractivity contribution is 5.95. The Kier molecular flexibility index (Phi) is 3.95. The van der Waals surface area contributed by atoms with Crippen LogP contribution in [-0.4, -0.2) is 62.7 Å². The SMILES string of the molecule is Cc1cc(F)ccc1C(=O)N1C[C@@H]2COC[C@]2(CN(C)C)C1. The highest BCUT2D eigenvalue weighted by Crippen LogP contribution is 2.42. The number of hydrogen-bond acceptors (Lipinski definition) is 3. The summed E-state index contributed by atoms with van der Waals surface area (Å²) >= 11 is 0. The number of nitrogens with zero attached hydrogens (tertiary/aromatic N) is 2. The van der Waals surface area contributed by atoms with Crippen molar-refractivity contribution in [2.24, 2.45) is 11.3 Å². The number of carbonyl (C=O) groups is 1. The summed E-state index contributed by atoms with van der Waals surface area (Å²) in [6, 6.07) is 4.37. The second-order valence-electron chi connectivity index (χ2n) is 6.96. The van der Waals surface area contributed by atoms with Gasteiger partial charge in [-0.05, 0) is 44.8 Å². The first-order valence-electron chi connectivity index (χ1n) is 7.69. The predicted octanol–water partition coefficient (Wildman–Crippen LogP) is 1.78. The van der Waals surface area contributed by atoms with Crippen LogP contribution in [0.5, 0.6) is 0 Å². The minimum Gasteiger partial charge on any atom is -0.380 e. The fourth-order valence-corrected chi connectivity index (χ4v) is 3.88. The van der Waals surface area contributed by atoms with Crippen LogP contribution in [0.2, 0.25) is 0 Å². The van der Waals surface area contributed by atoms with Gasteiger partial charge in [0, 0.05) is 36.5 Å². The highest BCUT2D eigenvalue weighted by atomic mass is 19.1. The Labute approximate surface area is 130 Å². The Morgan fingerprint density at radius 3 is 2.95 bits per heavy atom. The lowest BCUT2D eigenvalue weighted by atomic mass is 9.81. The first-order valence-corrected chi connectivity index (χ1v) is 7.69. The lowest BCUT2D eigenvalue weighted by molar-refractivity contribution is 0.0696. The van der Waals surface area contributed by atoms with Gasteiger partial charge in [0.15, 0.2) is 0 Å². The Morgan fingerprint density at radius 2 is 2.27 bits per heavy atom. The van der Waals surface area contributed by atoms with Gasteiger partial charge in [-0.2, -0.15) is 0 Å². The molecule has 2 aliphatic rings. The van der Waals surface area contributed by atoms with E-state index in [0.717, 1.165) is 19.7 Å². The average molecular weight is 306 g/mol. The summed E-state index contributed by atoms with van der Waals surface area (Å²) < 4.78 is 18.9. The number of likely N-dealkylation sites (tertiary alicyclic amines) is 1. The first-order chi connectivity index (χ1) is 10.4. The van der Waals surface area contributed by atoms with Crippen molar-refractivity contribution in [1.29, 1.82) is 0 Å². The molecule has 0 radical (unpaired) electrons. The van der Waals surface area contributed by atoms with E-state index in [2.05, 4.69) is 19.0 Å². The molecule has 1 amide bonds. The van der Waals surface area contributed by atoms with Gasteiger partial charge in [-0.15, -0.1) is 0 Å². The number of rotatable bonds is 3. The molecule has 2 aliphatic heterocycles. The van der Waals surface area contributed by atoms with Crippen LogP contribution in [0.15, 0.2) is 18.2 Å². The van der Waals surface area contributed by atoms with Crippen LogP contribution < -0.4 is 0 Å². The summed E-state index contributed by atoms with van der Waals surface area (Å²) in [5, 5.41) is 0. The molecule has 5 heteroatoms. The average Bonchev–Trinajstić information content (AvgIpc) is 2.93. The van der Waals surface area contributed by atoms with Gasteiger partial charge >= 0.3 is 0 Å². The monoisotopic (exact) mass is 306 g/mol. The zero-order valence-corrected chi connectivity index (χ0v) is 13.4. The second-order valence-corrected chi connectivity index (χ2v) is 6.96. The molecule has 2 heterocycles. The summed E-state index contributed by atoms with van der Waals surface area (Å²) in [7, 11) is 4.11. The standard InChI is InChI=1S/C17H23FN2O2/c1-12-6-14(18)4-5-15(12)16(21)20-7-13-8-22-11-17(13,10-20)9-19(2)3/h4-6,13H,7-11H2,1-3H3/t13-,17+/m1/s1. The van der Waals surface area contributed by atoms with Gasteiger partial charge < -0.3 is 14.5 Å². The predicted molar refractivity (Wildman–Crippen MR) is 82.3 cm³/mol. The summed E-state index contributed by atoms with van der Waals surface area (Å²) in [6.45, 7) is 5.58. The van der Waals surface area contributed by atoms with Gasteiger partial charge in [-0.1, -0.05) is 0 Å². The lowest BCUT2D eigenvalue weighted by Crippen LogP contribution is -2.41. The fourth-order valence-electron chi connectivity index (χ4n) is 3.88. The van der Waals surface area contributed by atoms with E-state index in [1.807, 2.05) is 4.90 Å². The normalized spacial score (nSPS) is 27.5. The minimum absolute atomic E-state index is 0.00466. The molecule has 2 atom stereocenters. The van der Waals surface area contributed by atoms with Crippen LogP contribution in [0.3, 0.4) is 0 Å². The maximum Gasteiger partial charge on any atom is 0.254 e. The quantitative estimate of drug-likeness (QED) is 0.853. The molecule has 0 bridgehead atoms. The van der Waals surface area contributed by atoms with E-state index in [4.69, 9.17) is 4.74 Å². The third-order valence-electron chi connectivity index (χ3n) is 4.86. The maximum absolute atomic E-state index is 13.2. The Bertz CT molecular complexity index is 590. The number of carbonyl (C=O) groups excluding carboxylic acids is 1. The molecular formula is C17H23FN2O2. The molecule has 0 N–H and O–H groups in total. The summed E-state index contributed by atoms with van der Waals surface area (Å²) in [5.41, 5.74) is 1.33. The molecule has 120 valence electrons. The van der Waals surface area contributed by atoms with Crippen LogP contribution in [-0.2, 0) is 4.74 Å². The van der Waals surface area contributed by atoms with Crippen LogP contribution in [0, 0.1) is 24.1 Å². The van der Waals surface area contributed by atoms with Crippen molar-refractivity contribution in [2.45, 2.75) is 6.92 Å². The zero-order chi connectivity index (χ0) is 15.9. The van der Waals surface area contributed by atoms with E-state index < -0.39 is 0 Å². The first kappa shape index (κ1) is 15.4. The van der Waals surface area contributed by atoms with Crippen molar-refractivity contribution < 1.29 is 13.9 Å². The largest absolute Gasteiger partial charge is 0.380 e.